The number of thioether (sulfide) groups is 2. The van der Waals surface area contributed by atoms with Gasteiger partial charge < -0.3 is 24.5 Å². The minimum atomic E-state index is -3.65. The summed E-state index contributed by atoms with van der Waals surface area (Å²) in [7, 11) is 1.47. The second-order valence-electron chi connectivity index (χ2n) is 8.76. The van der Waals surface area contributed by atoms with Crippen LogP contribution in [0.1, 0.15) is 95.4 Å². The van der Waals surface area contributed by atoms with E-state index in [0.717, 1.165) is 26.7 Å². The number of ketones is 1. The molecule has 0 atom stereocenters. The molecular weight excluding hydrogens is 842 g/mol. The van der Waals surface area contributed by atoms with Gasteiger partial charge in [-0.15, -0.1) is 0 Å². The Labute approximate surface area is 351 Å². The number of phosphoric acid groups is 1. The van der Waals surface area contributed by atoms with Crippen molar-refractivity contribution in [2.24, 2.45) is 0 Å². The minimum Gasteiger partial charge on any atom is -0.469 e. The standard InChI is InChI=1S/C3H7NO.C3H6O2.C3H6OS.C3H6O.3C3H8.C2H7O4P.C2H6O2S.C2H6OS.C2H6O.C2H6S.Y/c1-3(5)4-2;2*1-3(4)5-2;1-3(2)4;3*1-3-2;1-5-7(3,4)6-2;1-5(2,3)4;1-4(2)3;2*1-3-2;/h1-2H3,(H,4,5);2*1-2H3;1-2H3;3*3H2,1-2H3;1-2H3,(H,3,4);1-2H3;1-2H3;2*1-2H3;. The predicted molar refractivity (Wildman–Crippen MR) is 223 cm³/mol. The third-order valence-corrected chi connectivity index (χ3v) is 2.89. The van der Waals surface area contributed by atoms with Crippen LogP contribution in [0.2, 0.25) is 0 Å². The summed E-state index contributed by atoms with van der Waals surface area (Å²) in [6, 6.07) is 0. The van der Waals surface area contributed by atoms with Crippen LogP contribution in [0, 0.1) is 0 Å². The zero-order chi connectivity index (χ0) is 44.0. The molecular formula is C31H80NO13PS4Y. The Hall–Kier alpha value is 0.254. The van der Waals surface area contributed by atoms with Crippen molar-refractivity contribution < 1.29 is 92.5 Å². The van der Waals surface area contributed by atoms with E-state index in [-0.39, 0.29) is 55.5 Å². The Kier molecular flexibility index (Phi) is 152. The first-order chi connectivity index (χ1) is 22.5. The summed E-state index contributed by atoms with van der Waals surface area (Å²) in [5.41, 5.74) is 0. The number of hydrogen-bond donors (Lipinski definition) is 2. The number of Topliss-reactive ketones (excluding diaryl/α,β-unsaturated/α-hetero) is 1. The van der Waals surface area contributed by atoms with Crippen LogP contribution < -0.4 is 5.32 Å². The fourth-order valence-electron chi connectivity index (χ4n) is 0.0745. The van der Waals surface area contributed by atoms with Gasteiger partial charge in [0.25, 0.3) is 0 Å². The molecule has 0 spiro atoms. The van der Waals surface area contributed by atoms with E-state index in [4.69, 9.17) is 4.89 Å². The Bertz CT molecular complexity index is 730. The Morgan fingerprint density at radius 2 is 0.843 bits per heavy atom. The molecule has 0 aromatic carbocycles. The molecule has 0 saturated heterocycles. The van der Waals surface area contributed by atoms with Crippen LogP contribution in [-0.2, 0) is 95.6 Å². The summed E-state index contributed by atoms with van der Waals surface area (Å²) in [5, 5.41) is 2.56. The second-order valence-corrected chi connectivity index (χ2v) is 16.0. The summed E-state index contributed by atoms with van der Waals surface area (Å²) >= 11 is 2.99. The molecule has 0 saturated carbocycles. The van der Waals surface area contributed by atoms with E-state index in [9.17, 15) is 36.4 Å². The van der Waals surface area contributed by atoms with Crippen LogP contribution in [0.25, 0.3) is 0 Å². The number of phosphoric ester groups is 1. The van der Waals surface area contributed by atoms with Crippen molar-refractivity contribution in [3.63, 3.8) is 0 Å². The van der Waals surface area contributed by atoms with Crippen LogP contribution in [0.5, 0.6) is 0 Å². The maximum atomic E-state index is 10.1. The predicted octanol–water partition coefficient (Wildman–Crippen LogP) is 6.95. The van der Waals surface area contributed by atoms with E-state index in [0.29, 0.717) is 0 Å². The van der Waals surface area contributed by atoms with Gasteiger partial charge in [0.05, 0.1) is 7.11 Å². The topological polar surface area (TPSA) is 206 Å². The van der Waals surface area contributed by atoms with Crippen molar-refractivity contribution in [3.8, 4) is 0 Å². The Morgan fingerprint density at radius 3 is 0.843 bits per heavy atom. The molecule has 0 aliphatic carbocycles. The Balaban J connectivity index is -0.0000000283. The summed E-state index contributed by atoms with van der Waals surface area (Å²) in [6.07, 6.45) is 15.2. The molecule has 14 nitrogen and oxygen atoms in total. The first-order valence-electron chi connectivity index (χ1n) is 14.9. The van der Waals surface area contributed by atoms with Crippen molar-refractivity contribution in [3.05, 3.63) is 0 Å². The average Bonchev–Trinajstić information content (AvgIpc) is 2.94. The molecule has 0 aromatic heterocycles. The molecule has 0 aromatic rings. The number of methoxy groups -OCH3 is 2. The maximum absolute atomic E-state index is 10.1. The summed E-state index contributed by atoms with van der Waals surface area (Å²) in [5.74, 6) is -0.0741. The van der Waals surface area contributed by atoms with Crippen molar-refractivity contribution in [1.29, 1.82) is 0 Å². The van der Waals surface area contributed by atoms with Gasteiger partial charge in [-0.2, -0.15) is 11.8 Å². The fourth-order valence-corrected chi connectivity index (χ4v) is 0.224. The molecule has 2 N–H and O–H groups in total. The number of esters is 1. The van der Waals surface area contributed by atoms with Gasteiger partial charge in [-0.1, -0.05) is 72.6 Å². The third kappa shape index (κ3) is 779. The van der Waals surface area contributed by atoms with Gasteiger partial charge >= 0.3 is 13.8 Å². The maximum Gasteiger partial charge on any atom is 0.471 e. The van der Waals surface area contributed by atoms with Gasteiger partial charge in [-0.05, 0) is 32.6 Å². The van der Waals surface area contributed by atoms with E-state index < -0.39 is 28.5 Å². The normalized spacial score (nSPS) is 7.80. The van der Waals surface area contributed by atoms with Gasteiger partial charge in [-0.25, -0.2) is 13.0 Å². The van der Waals surface area contributed by atoms with Gasteiger partial charge in [0.1, 0.15) is 15.6 Å². The average molecular weight is 923 g/mol. The molecule has 0 aliphatic heterocycles. The number of amides is 1. The van der Waals surface area contributed by atoms with Crippen LogP contribution in [0.15, 0.2) is 0 Å². The monoisotopic (exact) mass is 922 g/mol. The minimum absolute atomic E-state index is 0. The SMILES string of the molecule is CC(C)=O.CCC.CCC.CCC.CNC(C)=O.COC.COC(C)=O.COP(=O)(O)OC.CS(C)(=O)=O.CS(C)=O.CSC.CSC(C)=O.[Y]. The second kappa shape index (κ2) is 87.8. The fraction of sp³-hybridized carbons (Fsp3) is 0.871. The molecule has 0 rings (SSSR count). The Morgan fingerprint density at radius 1 is 0.745 bits per heavy atom. The number of carbonyl (C=O) groups excluding carboxylic acids is 4. The molecule has 0 bridgehead atoms. The first-order valence-corrected chi connectivity index (χ1v) is 23.5. The largest absolute Gasteiger partial charge is 0.471 e. The molecule has 0 heterocycles. The van der Waals surface area contributed by atoms with Crippen molar-refractivity contribution in [1.82, 2.24) is 5.32 Å². The molecule has 0 fully saturated rings. The van der Waals surface area contributed by atoms with Gasteiger partial charge in [0, 0.05) is 125 Å². The van der Waals surface area contributed by atoms with Gasteiger partial charge in [0.2, 0.25) is 5.91 Å². The number of sulfone groups is 1. The van der Waals surface area contributed by atoms with Crippen LogP contribution >= 0.6 is 31.3 Å². The summed E-state index contributed by atoms with van der Waals surface area (Å²) in [4.78, 5) is 46.8. The van der Waals surface area contributed by atoms with Crippen LogP contribution in [0.4, 0.5) is 0 Å². The number of rotatable bonds is 2. The van der Waals surface area contributed by atoms with E-state index in [2.05, 4.69) is 65.4 Å². The van der Waals surface area contributed by atoms with E-state index in [1.165, 1.54) is 65.8 Å². The summed E-state index contributed by atoms with van der Waals surface area (Å²) in [6.45, 7) is 20.2. The van der Waals surface area contributed by atoms with E-state index in [1.807, 2.05) is 12.5 Å². The van der Waals surface area contributed by atoms with E-state index in [1.54, 1.807) is 58.7 Å². The van der Waals surface area contributed by atoms with E-state index >= 15 is 0 Å². The molecule has 1 radical (unpaired) electrons. The number of hydrogen-bond acceptors (Lipinski definition) is 14. The molecule has 319 valence electrons. The zero-order valence-electron chi connectivity index (χ0n) is 36.6. The van der Waals surface area contributed by atoms with Crippen molar-refractivity contribution in [2.45, 2.75) is 95.4 Å². The molecule has 0 unspecified atom stereocenters. The third-order valence-electron chi connectivity index (χ3n) is 1.39. The molecule has 20 heteroatoms. The van der Waals surface area contributed by atoms with Crippen molar-refractivity contribution >= 4 is 74.8 Å². The summed E-state index contributed by atoms with van der Waals surface area (Å²) < 4.78 is 55.2. The quantitative estimate of drug-likeness (QED) is 0.212. The number of carbonyl (C=O) groups is 4. The van der Waals surface area contributed by atoms with Crippen LogP contribution in [-0.4, -0.2) is 127 Å². The van der Waals surface area contributed by atoms with Gasteiger partial charge in [0.15, 0.2) is 5.12 Å². The smallest absolute Gasteiger partial charge is 0.469 e. The van der Waals surface area contributed by atoms with Gasteiger partial charge in [-0.3, -0.25) is 27.6 Å². The van der Waals surface area contributed by atoms with Crippen LogP contribution in [0.3, 0.4) is 0 Å². The molecule has 1 amide bonds. The zero-order valence-corrected chi connectivity index (χ0v) is 43.6. The molecule has 51 heavy (non-hydrogen) atoms. The first kappa shape index (κ1) is 88.5. The van der Waals surface area contributed by atoms with Crippen molar-refractivity contribution in [2.75, 3.05) is 86.4 Å². The number of ether oxygens (including phenoxy) is 2. The molecule has 0 aliphatic rings. The number of nitrogens with one attached hydrogen (secondary N) is 1.